The van der Waals surface area contributed by atoms with Crippen LogP contribution in [-0.2, 0) is 4.79 Å². The van der Waals surface area contributed by atoms with Gasteiger partial charge in [0.15, 0.2) is 11.5 Å². The van der Waals surface area contributed by atoms with Crippen LogP contribution in [0.3, 0.4) is 0 Å². The van der Waals surface area contributed by atoms with Gasteiger partial charge >= 0.3 is 5.69 Å². The summed E-state index contributed by atoms with van der Waals surface area (Å²) in [6, 6.07) is 2.52. The van der Waals surface area contributed by atoms with Crippen molar-refractivity contribution in [3.63, 3.8) is 0 Å². The van der Waals surface area contributed by atoms with Gasteiger partial charge in [-0.15, -0.1) is 11.3 Å². The van der Waals surface area contributed by atoms with Crippen LogP contribution in [0.2, 0.25) is 0 Å². The number of methoxy groups -OCH3 is 1. The molecule has 1 aromatic heterocycles. The molecule has 26 heavy (non-hydrogen) atoms. The Balaban J connectivity index is 2.60. The first-order valence-electron chi connectivity index (χ1n) is 7.55. The van der Waals surface area contributed by atoms with E-state index >= 15 is 0 Å². The molecule has 2 aromatic rings. The molecule has 0 aliphatic rings. The number of nitro groups is 1. The summed E-state index contributed by atoms with van der Waals surface area (Å²) >= 11 is 1.06. The Labute approximate surface area is 152 Å². The van der Waals surface area contributed by atoms with Gasteiger partial charge in [-0.2, -0.15) is 0 Å². The molecule has 9 heteroatoms. The maximum absolute atomic E-state index is 12.1. The first-order chi connectivity index (χ1) is 12.0. The number of phenolic OH excluding ortho intramolecular Hbond substituents is 1. The lowest BCUT2D eigenvalue weighted by molar-refractivity contribution is -0.386. The number of carbonyl (C=O) groups is 1. The van der Waals surface area contributed by atoms with Gasteiger partial charge in [0.05, 0.1) is 21.2 Å². The van der Waals surface area contributed by atoms with Crippen LogP contribution in [0.15, 0.2) is 16.9 Å². The van der Waals surface area contributed by atoms with E-state index in [0.717, 1.165) is 17.4 Å². The van der Waals surface area contributed by atoms with Crippen molar-refractivity contribution in [1.82, 2.24) is 4.98 Å². The number of nitrogens with one attached hydrogen (secondary N) is 1. The van der Waals surface area contributed by atoms with E-state index in [0.29, 0.717) is 10.2 Å². The molecular formula is C17H18N2O6S. The molecule has 0 aliphatic carbocycles. The third-order valence-electron chi connectivity index (χ3n) is 3.47. The molecule has 0 fully saturated rings. The fourth-order valence-corrected chi connectivity index (χ4v) is 2.89. The van der Waals surface area contributed by atoms with E-state index in [1.165, 1.54) is 25.3 Å². The van der Waals surface area contributed by atoms with E-state index in [1.54, 1.807) is 20.8 Å². The number of rotatable bonds is 4. The standard InChI is InChI=1S/C17H18N2O6S/c1-17(2,3)13(20)8-14-18-16(22)12(26-14)7-9-5-10(19(23)24)15(21)11(6-9)25-4/h5-8,21H,1-4H3,(H,18,22)/b12-7+,14-8+. The lowest BCUT2D eigenvalue weighted by Gasteiger charge is -2.12. The van der Waals surface area contributed by atoms with E-state index in [4.69, 9.17) is 4.74 Å². The average Bonchev–Trinajstić information content (AvgIpc) is 2.87. The van der Waals surface area contributed by atoms with E-state index in [9.17, 15) is 24.8 Å². The summed E-state index contributed by atoms with van der Waals surface area (Å²) in [5.74, 6) is -0.795. The summed E-state index contributed by atoms with van der Waals surface area (Å²) in [5, 5.41) is 20.8. The monoisotopic (exact) mass is 378 g/mol. The minimum Gasteiger partial charge on any atom is -0.500 e. The predicted molar refractivity (Wildman–Crippen MR) is 98.0 cm³/mol. The molecule has 0 saturated heterocycles. The van der Waals surface area contributed by atoms with Crippen LogP contribution in [0.25, 0.3) is 12.2 Å². The largest absolute Gasteiger partial charge is 0.500 e. The number of thiazole rings is 1. The molecule has 0 spiro atoms. The molecule has 0 aliphatic heterocycles. The van der Waals surface area contributed by atoms with Crippen molar-refractivity contribution in [3.05, 3.63) is 47.4 Å². The van der Waals surface area contributed by atoms with Crippen molar-refractivity contribution in [3.8, 4) is 11.5 Å². The number of hydrogen-bond donors (Lipinski definition) is 2. The predicted octanol–water partition coefficient (Wildman–Crippen LogP) is 1.28. The zero-order chi connectivity index (χ0) is 19.6. The van der Waals surface area contributed by atoms with E-state index < -0.39 is 27.3 Å². The number of ether oxygens (including phenoxy) is 1. The Bertz CT molecular complexity index is 1040. The van der Waals surface area contributed by atoms with Gasteiger partial charge in [0.1, 0.15) is 0 Å². The molecule has 1 aromatic carbocycles. The summed E-state index contributed by atoms with van der Waals surface area (Å²) < 4.78 is 5.59. The molecule has 2 N–H and O–H groups in total. The molecular weight excluding hydrogens is 360 g/mol. The minimum absolute atomic E-state index is 0.0758. The van der Waals surface area contributed by atoms with Crippen molar-refractivity contribution in [2.75, 3.05) is 7.11 Å². The van der Waals surface area contributed by atoms with Gasteiger partial charge < -0.3 is 14.8 Å². The number of nitro benzene ring substituents is 1. The van der Waals surface area contributed by atoms with Crippen molar-refractivity contribution in [2.45, 2.75) is 20.8 Å². The second kappa shape index (κ2) is 7.12. The van der Waals surface area contributed by atoms with Crippen LogP contribution >= 0.6 is 11.3 Å². The number of aromatic amines is 1. The van der Waals surface area contributed by atoms with E-state index in [2.05, 4.69) is 4.98 Å². The Morgan fingerprint density at radius 1 is 1.38 bits per heavy atom. The molecule has 2 rings (SSSR count). The van der Waals surface area contributed by atoms with E-state index in [-0.39, 0.29) is 16.1 Å². The van der Waals surface area contributed by atoms with Crippen LogP contribution in [0, 0.1) is 15.5 Å². The number of H-pyrrole nitrogens is 1. The van der Waals surface area contributed by atoms with Crippen molar-refractivity contribution < 1.29 is 19.6 Å². The Morgan fingerprint density at radius 3 is 2.58 bits per heavy atom. The highest BCUT2D eigenvalue weighted by Crippen LogP contribution is 2.36. The SMILES string of the molecule is COc1cc(/C=c2/s/c(=C/C(=O)C(C)(C)C)[nH]c2=O)cc([N+](=O)[O-])c1O. The van der Waals surface area contributed by atoms with Gasteiger partial charge in [-0.25, -0.2) is 0 Å². The fourth-order valence-electron chi connectivity index (χ4n) is 2.00. The Morgan fingerprint density at radius 2 is 2.04 bits per heavy atom. The molecule has 0 amide bonds. The Kier molecular flexibility index (Phi) is 5.31. The summed E-state index contributed by atoms with van der Waals surface area (Å²) in [4.78, 5) is 37.0. The van der Waals surface area contributed by atoms with Crippen LogP contribution in [0.1, 0.15) is 26.3 Å². The first-order valence-corrected chi connectivity index (χ1v) is 8.37. The molecule has 1 heterocycles. The summed E-state index contributed by atoms with van der Waals surface area (Å²) in [7, 11) is 1.27. The van der Waals surface area contributed by atoms with Gasteiger partial charge in [-0.05, 0) is 17.7 Å². The maximum atomic E-state index is 12.1. The van der Waals surface area contributed by atoms with Crippen LogP contribution in [0.5, 0.6) is 11.5 Å². The maximum Gasteiger partial charge on any atom is 0.315 e. The summed E-state index contributed by atoms with van der Waals surface area (Å²) in [5.41, 5.74) is -1.21. The summed E-state index contributed by atoms with van der Waals surface area (Å²) in [6.07, 6.45) is 2.79. The quantitative estimate of drug-likeness (QED) is 0.610. The van der Waals surface area contributed by atoms with Crippen LogP contribution in [-0.4, -0.2) is 27.9 Å². The van der Waals surface area contributed by atoms with Crippen LogP contribution in [0.4, 0.5) is 5.69 Å². The van der Waals surface area contributed by atoms with Gasteiger partial charge in [-0.1, -0.05) is 20.8 Å². The van der Waals surface area contributed by atoms with Gasteiger partial charge in [-0.3, -0.25) is 19.7 Å². The van der Waals surface area contributed by atoms with Crippen molar-refractivity contribution in [2.24, 2.45) is 5.41 Å². The number of ketones is 1. The van der Waals surface area contributed by atoms with Gasteiger partial charge in [0.25, 0.3) is 5.56 Å². The molecule has 0 bridgehead atoms. The van der Waals surface area contributed by atoms with Crippen molar-refractivity contribution >= 4 is 35.0 Å². The third kappa shape index (κ3) is 4.17. The Hall–Kier alpha value is -2.94. The minimum atomic E-state index is -0.741. The highest BCUT2D eigenvalue weighted by Gasteiger charge is 2.20. The number of aromatic hydroxyl groups is 1. The van der Waals surface area contributed by atoms with Gasteiger partial charge in [0, 0.05) is 17.6 Å². The zero-order valence-corrected chi connectivity index (χ0v) is 15.5. The topological polar surface area (TPSA) is 123 Å². The molecule has 0 atom stereocenters. The number of nitrogens with zero attached hydrogens (tertiary/aromatic N) is 1. The van der Waals surface area contributed by atoms with Crippen molar-refractivity contribution in [1.29, 1.82) is 0 Å². The lowest BCUT2D eigenvalue weighted by atomic mass is 9.91. The molecule has 0 saturated carbocycles. The number of aromatic nitrogens is 1. The lowest BCUT2D eigenvalue weighted by Crippen LogP contribution is -2.22. The number of phenols is 1. The highest BCUT2D eigenvalue weighted by atomic mass is 32.1. The zero-order valence-electron chi connectivity index (χ0n) is 14.7. The normalized spacial score (nSPS) is 13.1. The summed E-state index contributed by atoms with van der Waals surface area (Å²) in [6.45, 7) is 5.31. The van der Waals surface area contributed by atoms with E-state index in [1.807, 2.05) is 0 Å². The third-order valence-corrected chi connectivity index (χ3v) is 4.44. The molecule has 138 valence electrons. The van der Waals surface area contributed by atoms with Gasteiger partial charge in [0.2, 0.25) is 5.75 Å². The smallest absolute Gasteiger partial charge is 0.315 e. The number of benzene rings is 1. The second-order valence-electron chi connectivity index (χ2n) is 6.54. The number of carbonyl (C=O) groups excluding carboxylic acids is 1. The average molecular weight is 378 g/mol. The number of hydrogen-bond acceptors (Lipinski definition) is 7. The molecule has 0 unspecified atom stereocenters. The molecule has 0 radical (unpaired) electrons. The van der Waals surface area contributed by atoms with Crippen LogP contribution < -0.4 is 19.5 Å². The second-order valence-corrected chi connectivity index (χ2v) is 7.62. The highest BCUT2D eigenvalue weighted by molar-refractivity contribution is 7.07. The number of Topliss-reactive ketones (excluding diaryl/α,β-unsaturated/α-hetero) is 1. The fraction of sp³-hybridized carbons (Fsp3) is 0.294. The molecule has 8 nitrogen and oxygen atoms in total. The first kappa shape index (κ1) is 19.4.